The highest BCUT2D eigenvalue weighted by Gasteiger charge is 2.19. The van der Waals surface area contributed by atoms with Crippen molar-refractivity contribution in [3.63, 3.8) is 0 Å². The van der Waals surface area contributed by atoms with Gasteiger partial charge in [-0.3, -0.25) is 4.79 Å². The zero-order valence-electron chi connectivity index (χ0n) is 10.6. The molecular weight excluding hydrogens is 278 g/mol. The Bertz CT molecular complexity index is 763. The van der Waals surface area contributed by atoms with E-state index >= 15 is 0 Å². The van der Waals surface area contributed by atoms with Gasteiger partial charge < -0.3 is 4.42 Å². The van der Waals surface area contributed by atoms with Gasteiger partial charge in [0.2, 0.25) is 0 Å². The van der Waals surface area contributed by atoms with Gasteiger partial charge in [0.25, 0.3) is 0 Å². The number of furan rings is 1. The largest absolute Gasteiger partial charge is 0.463 e. The zero-order chi connectivity index (χ0) is 14.1. The maximum absolute atomic E-state index is 11.1. The quantitative estimate of drug-likeness (QED) is 0.693. The van der Waals surface area contributed by atoms with Crippen LogP contribution in [-0.2, 0) is 0 Å². The number of aldehydes is 1. The third-order valence-corrected chi connectivity index (χ3v) is 3.18. The molecule has 2 aromatic heterocycles. The minimum Gasteiger partial charge on any atom is -0.463 e. The molecule has 6 heteroatoms. The van der Waals surface area contributed by atoms with Gasteiger partial charge in [0, 0.05) is 5.02 Å². The van der Waals surface area contributed by atoms with Crippen LogP contribution in [0.15, 0.2) is 41.0 Å². The van der Waals surface area contributed by atoms with Gasteiger partial charge in [-0.15, -0.1) is 5.10 Å². The Balaban J connectivity index is 2.24. The second-order valence-electron chi connectivity index (χ2n) is 4.26. The van der Waals surface area contributed by atoms with E-state index in [2.05, 4.69) is 10.3 Å². The van der Waals surface area contributed by atoms with Crippen LogP contribution in [0.2, 0.25) is 5.02 Å². The number of hydrogen-bond acceptors (Lipinski definition) is 4. The number of carbonyl (C=O) groups excluding carboxylic acids is 1. The van der Waals surface area contributed by atoms with Gasteiger partial charge in [-0.1, -0.05) is 16.8 Å². The molecule has 5 nitrogen and oxygen atoms in total. The van der Waals surface area contributed by atoms with Gasteiger partial charge in [0.05, 0.1) is 12.0 Å². The fourth-order valence-corrected chi connectivity index (χ4v) is 2.27. The van der Waals surface area contributed by atoms with Crippen LogP contribution in [0.25, 0.3) is 17.1 Å². The van der Waals surface area contributed by atoms with E-state index in [-0.39, 0.29) is 5.69 Å². The lowest BCUT2D eigenvalue weighted by Crippen LogP contribution is -2.01. The van der Waals surface area contributed by atoms with Crippen molar-refractivity contribution in [2.24, 2.45) is 0 Å². The number of nitrogens with zero attached hydrogens (tertiary/aromatic N) is 3. The zero-order valence-corrected chi connectivity index (χ0v) is 11.3. The van der Waals surface area contributed by atoms with Crippen molar-refractivity contribution in [3.8, 4) is 17.1 Å². The molecule has 0 spiro atoms. The molecule has 1 aromatic carbocycles. The molecule has 2 heterocycles. The van der Waals surface area contributed by atoms with Gasteiger partial charge in [-0.05, 0) is 42.8 Å². The van der Waals surface area contributed by atoms with E-state index < -0.39 is 0 Å². The van der Waals surface area contributed by atoms with Gasteiger partial charge in [0.15, 0.2) is 17.7 Å². The first-order valence-electron chi connectivity index (χ1n) is 5.92. The Hall–Kier alpha value is -2.40. The fourth-order valence-electron chi connectivity index (χ4n) is 2.04. The Morgan fingerprint density at radius 3 is 2.85 bits per heavy atom. The Morgan fingerprint density at radius 2 is 2.20 bits per heavy atom. The summed E-state index contributed by atoms with van der Waals surface area (Å²) in [4.78, 5) is 11.1. The first-order valence-corrected chi connectivity index (χ1v) is 6.30. The molecule has 3 aromatic rings. The normalized spacial score (nSPS) is 10.7. The average molecular weight is 288 g/mol. The highest BCUT2D eigenvalue weighted by atomic mass is 35.5. The van der Waals surface area contributed by atoms with Crippen LogP contribution in [0.5, 0.6) is 0 Å². The molecule has 0 atom stereocenters. The van der Waals surface area contributed by atoms with Crippen molar-refractivity contribution in [3.05, 3.63) is 52.9 Å². The Morgan fingerprint density at radius 1 is 1.35 bits per heavy atom. The first-order chi connectivity index (χ1) is 9.70. The lowest BCUT2D eigenvalue weighted by atomic mass is 10.2. The van der Waals surface area contributed by atoms with Gasteiger partial charge in [0.1, 0.15) is 5.69 Å². The summed E-state index contributed by atoms with van der Waals surface area (Å²) in [5.41, 5.74) is 2.47. The second-order valence-corrected chi connectivity index (χ2v) is 4.70. The molecule has 3 rings (SSSR count). The van der Waals surface area contributed by atoms with Gasteiger partial charge >= 0.3 is 0 Å². The summed E-state index contributed by atoms with van der Waals surface area (Å²) in [6.07, 6.45) is 2.20. The molecule has 0 radical (unpaired) electrons. The Kier molecular flexibility index (Phi) is 3.12. The summed E-state index contributed by atoms with van der Waals surface area (Å²) >= 11 is 5.96. The molecule has 0 aliphatic heterocycles. The third-order valence-electron chi connectivity index (χ3n) is 2.95. The van der Waals surface area contributed by atoms with Crippen molar-refractivity contribution < 1.29 is 9.21 Å². The molecule has 0 bridgehead atoms. The minimum absolute atomic E-state index is 0.231. The maximum Gasteiger partial charge on any atom is 0.172 e. The van der Waals surface area contributed by atoms with Crippen LogP contribution in [0, 0.1) is 6.92 Å². The number of aromatic nitrogens is 3. The van der Waals surface area contributed by atoms with Crippen molar-refractivity contribution in [1.29, 1.82) is 0 Å². The summed E-state index contributed by atoms with van der Waals surface area (Å²) in [6, 6.07) is 8.92. The lowest BCUT2D eigenvalue weighted by molar-refractivity contribution is 0.111. The van der Waals surface area contributed by atoms with Crippen LogP contribution < -0.4 is 0 Å². The number of rotatable bonds is 3. The topological polar surface area (TPSA) is 60.9 Å². The van der Waals surface area contributed by atoms with Crippen LogP contribution in [0.1, 0.15) is 16.1 Å². The number of halogens is 1. The smallest absolute Gasteiger partial charge is 0.172 e. The van der Waals surface area contributed by atoms with E-state index in [1.807, 2.05) is 19.1 Å². The molecule has 0 unspecified atom stereocenters. The summed E-state index contributed by atoms with van der Waals surface area (Å²) in [7, 11) is 0. The maximum atomic E-state index is 11.1. The van der Waals surface area contributed by atoms with E-state index in [0.29, 0.717) is 22.8 Å². The van der Waals surface area contributed by atoms with E-state index in [0.717, 1.165) is 11.3 Å². The first kappa shape index (κ1) is 12.6. The van der Waals surface area contributed by atoms with Gasteiger partial charge in [-0.2, -0.15) is 0 Å². The van der Waals surface area contributed by atoms with E-state index in [1.165, 1.54) is 6.26 Å². The molecule has 0 fully saturated rings. The van der Waals surface area contributed by atoms with Crippen LogP contribution in [0.3, 0.4) is 0 Å². The van der Waals surface area contributed by atoms with Crippen LogP contribution in [-0.4, -0.2) is 21.3 Å². The molecule has 20 heavy (non-hydrogen) atoms. The van der Waals surface area contributed by atoms with Crippen LogP contribution >= 0.6 is 11.6 Å². The van der Waals surface area contributed by atoms with E-state index in [1.54, 1.807) is 22.9 Å². The molecule has 0 saturated carbocycles. The average Bonchev–Trinajstić information content (AvgIpc) is 3.06. The Labute approximate surface area is 119 Å². The van der Waals surface area contributed by atoms with Crippen molar-refractivity contribution in [1.82, 2.24) is 15.0 Å². The van der Waals surface area contributed by atoms with Gasteiger partial charge in [-0.25, -0.2) is 4.68 Å². The third kappa shape index (κ3) is 2.02. The predicted molar refractivity (Wildman–Crippen MR) is 74.2 cm³/mol. The molecule has 0 aliphatic carbocycles. The number of aryl methyl sites for hydroxylation is 1. The molecule has 0 N–H and O–H groups in total. The SMILES string of the molecule is Cc1cc(Cl)ccc1-n1nnc(C=O)c1-c1ccco1. The van der Waals surface area contributed by atoms with E-state index in [9.17, 15) is 4.79 Å². The van der Waals surface area contributed by atoms with E-state index in [4.69, 9.17) is 16.0 Å². The second kappa shape index (κ2) is 4.94. The van der Waals surface area contributed by atoms with Crippen molar-refractivity contribution in [2.75, 3.05) is 0 Å². The highest BCUT2D eigenvalue weighted by Crippen LogP contribution is 2.27. The summed E-state index contributed by atoms with van der Waals surface area (Å²) in [6.45, 7) is 1.91. The molecule has 100 valence electrons. The highest BCUT2D eigenvalue weighted by molar-refractivity contribution is 6.30. The number of carbonyl (C=O) groups is 1. The lowest BCUT2D eigenvalue weighted by Gasteiger charge is -2.08. The summed E-state index contributed by atoms with van der Waals surface area (Å²) in [5.74, 6) is 0.534. The van der Waals surface area contributed by atoms with Crippen molar-refractivity contribution in [2.45, 2.75) is 6.92 Å². The fraction of sp³-hybridized carbons (Fsp3) is 0.0714. The number of hydrogen-bond donors (Lipinski definition) is 0. The van der Waals surface area contributed by atoms with Crippen molar-refractivity contribution >= 4 is 17.9 Å². The minimum atomic E-state index is 0.231. The molecule has 0 aliphatic rings. The van der Waals surface area contributed by atoms with Crippen LogP contribution in [0.4, 0.5) is 0 Å². The standard InChI is InChI=1S/C14H10ClN3O2/c1-9-7-10(15)4-5-12(9)18-14(11(8-19)16-17-18)13-3-2-6-20-13/h2-8H,1H3. The molecular formula is C14H10ClN3O2. The number of benzene rings is 1. The predicted octanol–water partition coefficient (Wildman–Crippen LogP) is 3.30. The monoisotopic (exact) mass is 287 g/mol. The summed E-state index contributed by atoms with van der Waals surface area (Å²) < 4.78 is 6.94. The summed E-state index contributed by atoms with van der Waals surface area (Å²) in [5, 5.41) is 8.56. The molecule has 0 amide bonds. The molecule has 0 saturated heterocycles.